The van der Waals surface area contributed by atoms with Crippen molar-refractivity contribution in [2.45, 2.75) is 217 Å². The Hall–Kier alpha value is -5.48. The molecule has 0 aliphatic heterocycles. The Morgan fingerprint density at radius 2 is 0.895 bits per heavy atom. The van der Waals surface area contributed by atoms with Crippen LogP contribution in [0.3, 0.4) is 0 Å². The van der Waals surface area contributed by atoms with E-state index in [1.165, 1.54) is 22.3 Å². The molecule has 2 unspecified atom stereocenters. The normalized spacial score (nSPS) is 16.8. The van der Waals surface area contributed by atoms with Crippen molar-refractivity contribution >= 4 is 104 Å². The first-order valence-electron chi connectivity index (χ1n) is 33.9. The zero-order valence-electron chi connectivity index (χ0n) is 61.1. The Bertz CT molecular complexity index is 4390. The van der Waals surface area contributed by atoms with Crippen LogP contribution in [0.5, 0.6) is 11.5 Å². The average molecular weight is 1380 g/mol. The molecular formula is C84H104Cl4N2O4Si. The maximum Gasteiger partial charge on any atom is 0.217 e. The van der Waals surface area contributed by atoms with Gasteiger partial charge in [0.1, 0.15) is 25.6 Å². The van der Waals surface area contributed by atoms with Crippen LogP contribution < -0.4 is 4.74 Å². The molecule has 506 valence electrons. The van der Waals surface area contributed by atoms with Gasteiger partial charge in [-0.3, -0.25) is 0 Å². The Kier molecular flexibility index (Phi) is 18.8. The molecule has 0 fully saturated rings. The molecule has 0 spiro atoms. The minimum absolute atomic E-state index is 0.0348. The highest BCUT2D eigenvalue weighted by Gasteiger charge is 2.49. The fourth-order valence-electron chi connectivity index (χ4n) is 14.8. The van der Waals surface area contributed by atoms with E-state index < -0.39 is 19.9 Å². The lowest BCUT2D eigenvalue weighted by Crippen LogP contribution is -2.50. The van der Waals surface area contributed by atoms with Crippen LogP contribution in [0.1, 0.15) is 205 Å². The first-order chi connectivity index (χ1) is 43.5. The Morgan fingerprint density at radius 3 is 1.34 bits per heavy atom. The van der Waals surface area contributed by atoms with Gasteiger partial charge >= 0.3 is 0 Å². The van der Waals surface area contributed by atoms with Gasteiger partial charge in [-0.15, -0.1) is 0 Å². The van der Waals surface area contributed by atoms with Crippen molar-refractivity contribution in [2.75, 3.05) is 12.5 Å². The largest absolute Gasteiger partial charge is 0.505 e. The molecule has 1 aliphatic carbocycles. The average Bonchev–Trinajstić information content (AvgIpc) is 1.63. The molecule has 0 radical (unpaired) electrons. The number of hydrogen-bond donors (Lipinski definition) is 2. The van der Waals surface area contributed by atoms with Crippen molar-refractivity contribution in [3.63, 3.8) is 0 Å². The summed E-state index contributed by atoms with van der Waals surface area (Å²) in [5.41, 5.74) is 12.6. The van der Waals surface area contributed by atoms with Crippen LogP contribution in [0, 0.1) is 16.2 Å². The van der Waals surface area contributed by atoms with Crippen molar-refractivity contribution in [1.29, 1.82) is 0 Å². The topological polar surface area (TPSA) is 68.8 Å². The Balaban J connectivity index is 1.14. The molecule has 2 atom stereocenters. The highest BCUT2D eigenvalue weighted by Crippen LogP contribution is 2.54. The molecule has 9 aromatic rings. The molecule has 1 aliphatic rings. The number of halogens is 4. The molecule has 0 saturated heterocycles. The number of fused-ring (bicyclic) bond motifs is 6. The summed E-state index contributed by atoms with van der Waals surface area (Å²) >= 11 is 28.5. The van der Waals surface area contributed by atoms with Crippen LogP contribution in [0.4, 0.5) is 0 Å². The number of allylic oxidation sites excluding steroid dienone is 2. The van der Waals surface area contributed by atoms with Gasteiger partial charge in [0.05, 0.1) is 28.0 Å². The van der Waals surface area contributed by atoms with Crippen molar-refractivity contribution in [3.05, 3.63) is 186 Å². The minimum atomic E-state index is -2.80. The van der Waals surface area contributed by atoms with Gasteiger partial charge in [-0.05, 0) is 192 Å². The van der Waals surface area contributed by atoms with E-state index in [0.29, 0.717) is 53.8 Å². The van der Waals surface area contributed by atoms with Gasteiger partial charge in [-0.25, -0.2) is 0 Å². The smallest absolute Gasteiger partial charge is 0.217 e. The van der Waals surface area contributed by atoms with E-state index in [9.17, 15) is 10.2 Å². The quantitative estimate of drug-likeness (QED) is 0.0841. The van der Waals surface area contributed by atoms with E-state index in [4.69, 9.17) is 55.9 Å². The molecule has 2 heterocycles. The van der Waals surface area contributed by atoms with Crippen molar-refractivity contribution in [3.8, 4) is 28.3 Å². The van der Waals surface area contributed by atoms with Crippen LogP contribution in [0.15, 0.2) is 133 Å². The number of phenolic OH excluding ortho intramolecular Hbond substituents is 1. The lowest BCUT2D eigenvalue weighted by molar-refractivity contribution is -0.167. The van der Waals surface area contributed by atoms with Crippen LogP contribution in [0.25, 0.3) is 66.0 Å². The molecule has 0 bridgehead atoms. The number of nitrogens with zero attached hydrogens (tertiary/aromatic N) is 2. The number of benzene rings is 7. The zero-order chi connectivity index (χ0) is 70.3. The molecule has 6 nitrogen and oxygen atoms in total. The summed E-state index contributed by atoms with van der Waals surface area (Å²) in [6.07, 6.45) is 6.45. The fourth-order valence-corrected chi connectivity index (χ4v) is 17.2. The predicted molar refractivity (Wildman–Crippen MR) is 413 cm³/mol. The second-order valence-electron chi connectivity index (χ2n) is 36.3. The molecule has 11 heteroatoms. The van der Waals surface area contributed by atoms with E-state index in [0.717, 1.165) is 67.6 Å². The lowest BCUT2D eigenvalue weighted by Gasteiger charge is -2.45. The van der Waals surface area contributed by atoms with E-state index in [1.807, 2.05) is 18.2 Å². The summed E-state index contributed by atoms with van der Waals surface area (Å²) in [5, 5.41) is 33.9. The number of aliphatic hydroxyl groups is 1. The van der Waals surface area contributed by atoms with Gasteiger partial charge < -0.3 is 28.8 Å². The van der Waals surface area contributed by atoms with E-state index in [-0.39, 0.29) is 61.5 Å². The zero-order valence-corrected chi connectivity index (χ0v) is 65.2. The van der Waals surface area contributed by atoms with E-state index >= 15 is 0 Å². The van der Waals surface area contributed by atoms with Crippen LogP contribution in [-0.4, -0.2) is 45.7 Å². The number of ether oxygens (including phenoxy) is 2. The molecule has 10 rings (SSSR count). The summed E-state index contributed by atoms with van der Waals surface area (Å²) in [6.45, 7) is 54.3. The SMILES string of the molecule is CC(C)(C)CC(C)(C)C1=CC(n2c3ccc(C(C)(C)C)cc3c3cc(C(C)(C)C)ccc32)C(O)(OC[Si](C)(C)COc2c(Cl)cc(Cl)cc2-c2cc(C(C)(C)CC(C)(C)C)cc(-n3c4ccc(C(C)(C)C)cc4c4cc(C(C)(C)C)ccc43)c2O)C(c2cc(Cl)cc(Cl)c2)=C1. The number of hydrogen-bond acceptors (Lipinski definition) is 4. The third-order valence-electron chi connectivity index (χ3n) is 19.3. The van der Waals surface area contributed by atoms with Crippen LogP contribution >= 0.6 is 46.4 Å². The first kappa shape index (κ1) is 72.3. The number of rotatable bonds is 14. The standard InChI is InChI=1S/C84H104Cl4N2O4Si/c1-76(2,3)46-82(19,20)55-39-64(74(91)72(41-55)89-68-29-25-51(78(7,8)9)35-60(68)61-36-52(79(10,11)12)26-30-69(61)89)65-44-59(87)45-67(88)75(65)93-48-95(23,24)49-94-84(92)66(50-33-57(85)43-58(86)34-50)40-56(83(21,22)47-77(4,5)6)42-73(84)90-70-31-27-53(80(13,14)15)37-62(70)63-38-54(81(16,17)18)28-32-71(63)90/h25-45,73,91-92H,46-49H2,1-24H3. The summed E-state index contributed by atoms with van der Waals surface area (Å²) < 4.78 is 19.2. The summed E-state index contributed by atoms with van der Waals surface area (Å²) in [7, 11) is -2.80. The monoisotopic (exact) mass is 1370 g/mol. The molecule has 0 saturated carbocycles. The number of aromatic hydroxyl groups is 1. The highest BCUT2D eigenvalue weighted by atomic mass is 35.5. The van der Waals surface area contributed by atoms with Crippen LogP contribution in [0.2, 0.25) is 33.2 Å². The summed E-state index contributed by atoms with van der Waals surface area (Å²) in [6, 6.07) is 39.7. The molecule has 95 heavy (non-hydrogen) atoms. The van der Waals surface area contributed by atoms with Crippen molar-refractivity contribution < 1.29 is 19.7 Å². The van der Waals surface area contributed by atoms with E-state index in [1.54, 1.807) is 12.1 Å². The summed E-state index contributed by atoms with van der Waals surface area (Å²) in [4.78, 5) is 0. The van der Waals surface area contributed by atoms with Gasteiger partial charge in [-0.2, -0.15) is 0 Å². The highest BCUT2D eigenvalue weighted by molar-refractivity contribution is 6.77. The van der Waals surface area contributed by atoms with Gasteiger partial charge in [0.2, 0.25) is 5.79 Å². The minimum Gasteiger partial charge on any atom is -0.505 e. The molecule has 0 amide bonds. The second-order valence-corrected chi connectivity index (χ2v) is 42.9. The maximum atomic E-state index is 14.5. The number of aromatic nitrogens is 2. The maximum absolute atomic E-state index is 14.5. The molecule has 7 aromatic carbocycles. The van der Waals surface area contributed by atoms with Gasteiger partial charge in [0.25, 0.3) is 0 Å². The molecule has 2 N–H and O–H groups in total. The Morgan fingerprint density at radius 1 is 0.474 bits per heavy atom. The number of phenols is 1. The third kappa shape index (κ3) is 14.8. The molecule has 2 aromatic heterocycles. The summed E-state index contributed by atoms with van der Waals surface area (Å²) in [5.74, 6) is -1.55. The lowest BCUT2D eigenvalue weighted by atomic mass is 9.68. The van der Waals surface area contributed by atoms with E-state index in [2.05, 4.69) is 272 Å². The second kappa shape index (κ2) is 24.7. The molecular weight excluding hydrogens is 1270 g/mol. The predicted octanol–water partition coefficient (Wildman–Crippen LogP) is 25.4. The van der Waals surface area contributed by atoms with Gasteiger partial charge in [-0.1, -0.05) is 242 Å². The first-order valence-corrected chi connectivity index (χ1v) is 38.8. The van der Waals surface area contributed by atoms with Crippen molar-refractivity contribution in [2.24, 2.45) is 16.2 Å². The van der Waals surface area contributed by atoms with Crippen LogP contribution in [-0.2, 0) is 31.8 Å². The third-order valence-corrected chi connectivity index (χ3v) is 22.1. The van der Waals surface area contributed by atoms with Gasteiger partial charge in [0, 0.05) is 70.6 Å². The fraction of sp³-hybridized carbons (Fsp3) is 0.452. The Labute approximate surface area is 589 Å². The van der Waals surface area contributed by atoms with Crippen molar-refractivity contribution in [1.82, 2.24) is 9.13 Å². The van der Waals surface area contributed by atoms with Gasteiger partial charge in [0.15, 0.2) is 0 Å².